The van der Waals surface area contributed by atoms with Crippen molar-refractivity contribution in [2.24, 2.45) is 0 Å². The monoisotopic (exact) mass is 557 g/mol. The predicted molar refractivity (Wildman–Crippen MR) is 140 cm³/mol. The number of rotatable bonds is 8. The molecule has 14 heteroatoms. The zero-order valence-electron chi connectivity index (χ0n) is 21.1. The molecule has 0 bridgehead atoms. The minimum atomic E-state index is -4.11. The second-order valence-corrected chi connectivity index (χ2v) is 11.7. The largest absolute Gasteiger partial charge is 0.341 e. The lowest BCUT2D eigenvalue weighted by atomic mass is 10.0. The minimum absolute atomic E-state index is 0.129. The molecule has 3 N–H and O–H groups in total. The molecule has 2 aromatic rings. The number of fused-ring (bicyclic) bond motifs is 1. The Kier molecular flexibility index (Phi) is 9.19. The summed E-state index contributed by atoms with van der Waals surface area (Å²) in [5.41, 5.74) is 1.14. The number of hydrogen-bond acceptors (Lipinski definition) is 9. The number of nitrogens with zero attached hydrogens (tertiary/aromatic N) is 4. The maximum atomic E-state index is 13.1. The molecule has 0 unspecified atom stereocenters. The third-order valence-corrected chi connectivity index (χ3v) is 8.91. The van der Waals surface area contributed by atoms with Crippen molar-refractivity contribution in [3.05, 3.63) is 45.8 Å². The first-order valence-electron chi connectivity index (χ1n) is 11.6. The zero-order chi connectivity index (χ0) is 28.0. The highest BCUT2D eigenvalue weighted by Crippen LogP contribution is 2.38. The van der Waals surface area contributed by atoms with Gasteiger partial charge in [-0.2, -0.15) is 14.8 Å². The van der Waals surface area contributed by atoms with Gasteiger partial charge >= 0.3 is 6.03 Å². The number of carbonyl (C=O) groups excluding carboxylic acids is 3. The Bertz CT molecular complexity index is 1400. The van der Waals surface area contributed by atoms with Crippen molar-refractivity contribution in [2.45, 2.75) is 37.8 Å². The maximum absolute atomic E-state index is 13.1. The predicted octanol–water partition coefficient (Wildman–Crippen LogP) is 1.87. The second kappa shape index (κ2) is 12.1. The van der Waals surface area contributed by atoms with E-state index < -0.39 is 41.0 Å². The molecule has 200 valence electrons. The van der Waals surface area contributed by atoms with Gasteiger partial charge in [-0.15, -0.1) is 11.3 Å². The number of sulfonamides is 1. The maximum Gasteiger partial charge on any atom is 0.321 e. The van der Waals surface area contributed by atoms with Crippen LogP contribution < -0.4 is 16.0 Å². The van der Waals surface area contributed by atoms with Crippen LogP contribution in [0.2, 0.25) is 0 Å². The molecule has 38 heavy (non-hydrogen) atoms. The van der Waals surface area contributed by atoms with Gasteiger partial charge in [0.25, 0.3) is 11.8 Å². The molecule has 0 fully saturated rings. The van der Waals surface area contributed by atoms with Crippen LogP contribution >= 0.6 is 11.3 Å². The summed E-state index contributed by atoms with van der Waals surface area (Å²) >= 11 is 1.26. The van der Waals surface area contributed by atoms with Crippen LogP contribution in [0.3, 0.4) is 0 Å². The Hall–Kier alpha value is -3.82. The van der Waals surface area contributed by atoms with Gasteiger partial charge in [0.15, 0.2) is 0 Å². The zero-order valence-corrected chi connectivity index (χ0v) is 22.7. The van der Waals surface area contributed by atoms with Gasteiger partial charge in [0.2, 0.25) is 10.0 Å². The first-order chi connectivity index (χ1) is 18.0. The van der Waals surface area contributed by atoms with Crippen LogP contribution in [0.4, 0.5) is 9.80 Å². The summed E-state index contributed by atoms with van der Waals surface area (Å²) in [6.07, 6.45) is 0.574. The fourth-order valence-corrected chi connectivity index (χ4v) is 6.41. The summed E-state index contributed by atoms with van der Waals surface area (Å²) in [5, 5.41) is 25.4. The van der Waals surface area contributed by atoms with Crippen LogP contribution in [-0.2, 0) is 23.0 Å². The van der Waals surface area contributed by atoms with E-state index >= 15 is 0 Å². The molecule has 1 aromatic carbocycles. The Morgan fingerprint density at radius 1 is 1.11 bits per heavy atom. The van der Waals surface area contributed by atoms with E-state index in [2.05, 4.69) is 34.7 Å². The summed E-state index contributed by atoms with van der Waals surface area (Å²) in [6, 6.07) is 8.08. The normalized spacial score (nSPS) is 13.3. The van der Waals surface area contributed by atoms with Crippen LogP contribution in [0, 0.1) is 22.7 Å². The van der Waals surface area contributed by atoms with Crippen LogP contribution in [0.5, 0.6) is 0 Å². The van der Waals surface area contributed by atoms with Gasteiger partial charge < -0.3 is 10.6 Å². The van der Waals surface area contributed by atoms with E-state index in [9.17, 15) is 22.8 Å². The number of hydrogen-bond donors (Lipinski definition) is 3. The highest BCUT2D eigenvalue weighted by molar-refractivity contribution is 7.89. The highest BCUT2D eigenvalue weighted by Gasteiger charge is 2.30. The summed E-state index contributed by atoms with van der Waals surface area (Å²) in [4.78, 5) is 40.8. The Morgan fingerprint density at radius 2 is 1.74 bits per heavy atom. The van der Waals surface area contributed by atoms with Crippen LogP contribution in [-0.4, -0.2) is 68.2 Å². The molecular formula is C24H27N7O5S2. The third-order valence-electron chi connectivity index (χ3n) is 5.97. The summed E-state index contributed by atoms with van der Waals surface area (Å²) in [6.45, 7) is 4.49. The smallest absolute Gasteiger partial charge is 0.321 e. The molecule has 0 saturated heterocycles. The standard InChI is InChI=1S/C24H27N7O5S2/c1-15(2)30-11-8-18-19(14-30)37-23(20(18)22(33)29-24(34)27-3)28-21(32)16-4-6-17(7-5-16)38(35,36)31(12-9-25)13-10-26/h4-7,15H,8,11-14H2,1-3H3,(H,28,32)(H2,27,29,33,34). The summed E-state index contributed by atoms with van der Waals surface area (Å²) < 4.78 is 26.2. The van der Waals surface area contributed by atoms with Crippen molar-refractivity contribution in [3.63, 3.8) is 0 Å². The molecule has 4 amide bonds. The third kappa shape index (κ3) is 6.17. The number of imide groups is 1. The summed E-state index contributed by atoms with van der Waals surface area (Å²) in [7, 11) is -2.72. The van der Waals surface area contributed by atoms with Gasteiger partial charge in [-0.05, 0) is 50.1 Å². The number of anilines is 1. The molecule has 1 aromatic heterocycles. The number of nitrogens with one attached hydrogen (secondary N) is 3. The van der Waals surface area contributed by atoms with E-state index in [0.717, 1.165) is 21.3 Å². The number of amides is 4. The van der Waals surface area contributed by atoms with Gasteiger partial charge in [-0.1, -0.05) is 0 Å². The van der Waals surface area contributed by atoms with E-state index in [4.69, 9.17) is 10.5 Å². The highest BCUT2D eigenvalue weighted by atomic mass is 32.2. The molecule has 0 atom stereocenters. The molecule has 1 aliphatic heterocycles. The molecule has 0 saturated carbocycles. The van der Waals surface area contributed by atoms with Crippen LogP contribution in [0.25, 0.3) is 0 Å². The lowest BCUT2D eigenvalue weighted by Gasteiger charge is -2.30. The van der Waals surface area contributed by atoms with Crippen molar-refractivity contribution in [1.82, 2.24) is 19.8 Å². The Morgan fingerprint density at radius 3 is 2.29 bits per heavy atom. The minimum Gasteiger partial charge on any atom is -0.341 e. The van der Waals surface area contributed by atoms with Gasteiger partial charge in [-0.3, -0.25) is 19.8 Å². The summed E-state index contributed by atoms with van der Waals surface area (Å²) in [5.74, 6) is -1.21. The van der Waals surface area contributed by atoms with Crippen molar-refractivity contribution < 1.29 is 22.8 Å². The fourth-order valence-electron chi connectivity index (χ4n) is 3.91. The average molecular weight is 558 g/mol. The molecule has 2 heterocycles. The van der Waals surface area contributed by atoms with Crippen molar-refractivity contribution >= 4 is 44.2 Å². The molecule has 0 spiro atoms. The lowest BCUT2D eigenvalue weighted by Crippen LogP contribution is -2.39. The van der Waals surface area contributed by atoms with Gasteiger partial charge in [0.05, 0.1) is 22.6 Å². The van der Waals surface area contributed by atoms with E-state index in [0.29, 0.717) is 19.0 Å². The number of carbonyl (C=O) groups is 3. The fraction of sp³-hybridized carbons (Fsp3) is 0.375. The van der Waals surface area contributed by atoms with Crippen LogP contribution in [0.1, 0.15) is 45.0 Å². The van der Waals surface area contributed by atoms with Crippen LogP contribution in [0.15, 0.2) is 29.2 Å². The van der Waals surface area contributed by atoms with Gasteiger partial charge in [0.1, 0.15) is 18.1 Å². The molecule has 0 radical (unpaired) electrons. The van der Waals surface area contributed by atoms with Gasteiger partial charge in [-0.25, -0.2) is 13.2 Å². The van der Waals surface area contributed by atoms with Gasteiger partial charge in [0, 0.05) is 36.6 Å². The quantitative estimate of drug-likeness (QED) is 0.412. The molecule has 0 aliphatic carbocycles. The number of nitriles is 2. The molecule has 1 aliphatic rings. The van der Waals surface area contributed by atoms with E-state index in [1.807, 2.05) is 0 Å². The van der Waals surface area contributed by atoms with E-state index in [1.54, 1.807) is 12.1 Å². The first-order valence-corrected chi connectivity index (χ1v) is 13.9. The van der Waals surface area contributed by atoms with Crippen molar-refractivity contribution in [3.8, 4) is 12.1 Å². The Labute approximate surface area is 224 Å². The lowest BCUT2D eigenvalue weighted by molar-refractivity contribution is 0.0963. The molecule has 12 nitrogen and oxygen atoms in total. The molecular weight excluding hydrogens is 530 g/mol. The SMILES string of the molecule is CNC(=O)NC(=O)c1c(NC(=O)c2ccc(S(=O)(=O)N(CC#N)CC#N)cc2)sc2c1CCN(C(C)C)C2. The average Bonchev–Trinajstić information content (AvgIpc) is 3.25. The Balaban J connectivity index is 1.90. The first kappa shape index (κ1) is 28.7. The second-order valence-electron chi connectivity index (χ2n) is 8.62. The van der Waals surface area contributed by atoms with E-state index in [1.165, 1.54) is 42.6 Å². The number of thiophene rings is 1. The topological polar surface area (TPSA) is 176 Å². The van der Waals surface area contributed by atoms with E-state index in [-0.39, 0.29) is 21.0 Å². The number of benzene rings is 1. The number of urea groups is 1. The molecule has 3 rings (SSSR count). The van der Waals surface area contributed by atoms with Crippen molar-refractivity contribution in [2.75, 3.05) is 32.0 Å². The van der Waals surface area contributed by atoms with Crippen molar-refractivity contribution in [1.29, 1.82) is 10.5 Å².